The van der Waals surface area contributed by atoms with Gasteiger partial charge >= 0.3 is 0 Å². The maximum atomic E-state index is 6.32. The third-order valence-corrected chi connectivity index (χ3v) is 11.9. The van der Waals surface area contributed by atoms with E-state index in [0.717, 1.165) is 55.6 Å². The molecule has 1 aliphatic rings. The number of benzene rings is 9. The second-order valence-electron chi connectivity index (χ2n) is 14.9. The lowest BCUT2D eigenvalue weighted by Crippen LogP contribution is -1.95. The highest BCUT2D eigenvalue weighted by Crippen LogP contribution is 2.46. The van der Waals surface area contributed by atoms with Crippen LogP contribution in [0.3, 0.4) is 0 Å². The molecule has 4 heteroatoms. The zero-order valence-corrected chi connectivity index (χ0v) is 30.0. The fraction of sp³-hybridized carbons (Fsp3) is 0. The van der Waals surface area contributed by atoms with E-state index in [1.165, 1.54) is 71.2 Å². The van der Waals surface area contributed by atoms with Gasteiger partial charge in [0.2, 0.25) is 0 Å². The summed E-state index contributed by atoms with van der Waals surface area (Å²) in [6.45, 7) is 0. The summed E-state index contributed by atoms with van der Waals surface area (Å²) in [4.78, 5) is 10.2. The molecule has 0 aliphatic heterocycles. The summed E-state index contributed by atoms with van der Waals surface area (Å²) in [6, 6.07) is 63.2. The Morgan fingerprint density at radius 2 is 1.09 bits per heavy atom. The summed E-state index contributed by atoms with van der Waals surface area (Å²) in [5, 5.41) is 10.7. The highest BCUT2D eigenvalue weighted by atomic mass is 16.3. The maximum absolute atomic E-state index is 6.32. The minimum atomic E-state index is 0.749. The fourth-order valence-corrected chi connectivity index (χ4v) is 9.32. The molecule has 3 heterocycles. The predicted octanol–water partition coefficient (Wildman–Crippen LogP) is 13.9. The van der Waals surface area contributed by atoms with E-state index in [2.05, 4.69) is 180 Å². The molecule has 0 saturated heterocycles. The third kappa shape index (κ3) is 4.13. The van der Waals surface area contributed by atoms with Gasteiger partial charge in [0.25, 0.3) is 0 Å². The van der Waals surface area contributed by atoms with Gasteiger partial charge in [0, 0.05) is 43.7 Å². The van der Waals surface area contributed by atoms with Gasteiger partial charge in [0.05, 0.1) is 22.2 Å². The first-order valence-electron chi connectivity index (χ1n) is 19.1. The zero-order valence-electron chi connectivity index (χ0n) is 30.0. The number of hydrogen-bond donors (Lipinski definition) is 0. The monoisotopic (exact) mass is 711 g/mol. The van der Waals surface area contributed by atoms with E-state index in [-0.39, 0.29) is 0 Å². The first kappa shape index (κ1) is 29.8. The molecule has 3 aromatic heterocycles. The molecule has 0 atom stereocenters. The van der Waals surface area contributed by atoms with Gasteiger partial charge in [-0.2, -0.15) is 0 Å². The molecule has 0 fully saturated rings. The number of para-hydroxylation sites is 1. The van der Waals surface area contributed by atoms with Gasteiger partial charge < -0.3 is 8.98 Å². The van der Waals surface area contributed by atoms with Crippen molar-refractivity contribution in [3.05, 3.63) is 176 Å². The Hall–Kier alpha value is -7.56. The molecule has 13 rings (SSSR count). The second kappa shape index (κ2) is 11.0. The number of rotatable bonds is 3. The van der Waals surface area contributed by atoms with E-state index in [0.29, 0.717) is 0 Å². The number of aromatic nitrogens is 3. The normalized spacial score (nSPS) is 12.3. The van der Waals surface area contributed by atoms with Crippen LogP contribution >= 0.6 is 0 Å². The summed E-state index contributed by atoms with van der Waals surface area (Å²) in [6.07, 6.45) is 0. The molecule has 56 heavy (non-hydrogen) atoms. The van der Waals surface area contributed by atoms with Crippen LogP contribution in [0.1, 0.15) is 0 Å². The van der Waals surface area contributed by atoms with Crippen molar-refractivity contribution in [2.24, 2.45) is 0 Å². The molecular formula is C52H29N3O. The van der Waals surface area contributed by atoms with Crippen molar-refractivity contribution in [3.63, 3.8) is 0 Å². The lowest BCUT2D eigenvalue weighted by Gasteiger charge is -2.11. The van der Waals surface area contributed by atoms with Crippen molar-refractivity contribution in [2.45, 2.75) is 0 Å². The lowest BCUT2D eigenvalue weighted by atomic mass is 9.99. The Balaban J connectivity index is 0.921. The predicted molar refractivity (Wildman–Crippen MR) is 231 cm³/mol. The Kier molecular flexibility index (Phi) is 5.86. The molecule has 12 aromatic rings. The van der Waals surface area contributed by atoms with Gasteiger partial charge in [-0.15, -0.1) is 0 Å². The molecule has 0 N–H and O–H groups in total. The molecule has 0 saturated carbocycles. The number of fused-ring (bicyclic) bond motifs is 12. The minimum Gasteiger partial charge on any atom is -0.456 e. The average molecular weight is 712 g/mol. The van der Waals surface area contributed by atoms with Crippen molar-refractivity contribution in [3.8, 4) is 50.6 Å². The summed E-state index contributed by atoms with van der Waals surface area (Å²) in [5.74, 6) is 0.749. The quantitative estimate of drug-likeness (QED) is 0.183. The molecule has 0 bridgehead atoms. The van der Waals surface area contributed by atoms with Crippen molar-refractivity contribution >= 4 is 76.2 Å². The van der Waals surface area contributed by atoms with Gasteiger partial charge in [-0.05, 0) is 104 Å². The number of furan rings is 1. The molecule has 0 spiro atoms. The Labute approximate surface area is 320 Å². The summed E-state index contributed by atoms with van der Waals surface area (Å²) >= 11 is 0. The van der Waals surface area contributed by atoms with Gasteiger partial charge in [0.1, 0.15) is 11.2 Å². The molecule has 4 nitrogen and oxygen atoms in total. The van der Waals surface area contributed by atoms with E-state index in [4.69, 9.17) is 14.4 Å². The van der Waals surface area contributed by atoms with Gasteiger partial charge in [0.15, 0.2) is 5.82 Å². The van der Waals surface area contributed by atoms with Crippen LogP contribution < -0.4 is 0 Å². The zero-order chi connectivity index (χ0) is 36.5. The Bertz CT molecular complexity index is 3660. The van der Waals surface area contributed by atoms with E-state index in [1.54, 1.807) is 0 Å². The van der Waals surface area contributed by atoms with Crippen LogP contribution in [0.5, 0.6) is 0 Å². The van der Waals surface area contributed by atoms with Crippen LogP contribution in [0.4, 0.5) is 0 Å². The first-order valence-corrected chi connectivity index (χ1v) is 19.1. The first-order chi connectivity index (χ1) is 27.7. The van der Waals surface area contributed by atoms with Gasteiger partial charge in [-0.1, -0.05) is 115 Å². The lowest BCUT2D eigenvalue weighted by molar-refractivity contribution is 0.669. The molecule has 0 amide bonds. The Morgan fingerprint density at radius 3 is 2.04 bits per heavy atom. The van der Waals surface area contributed by atoms with Crippen LogP contribution in [-0.4, -0.2) is 14.5 Å². The number of hydrogen-bond acceptors (Lipinski definition) is 3. The van der Waals surface area contributed by atoms with Crippen molar-refractivity contribution in [1.82, 2.24) is 14.5 Å². The van der Waals surface area contributed by atoms with Crippen molar-refractivity contribution in [1.29, 1.82) is 0 Å². The van der Waals surface area contributed by atoms with E-state index >= 15 is 0 Å². The van der Waals surface area contributed by atoms with Crippen LogP contribution in [0.2, 0.25) is 0 Å². The SMILES string of the molecule is c1ccc2c(c1)-c1cccc3nc(-c4ccc5cc(-n6c7ccccc7c7cc(-c8ccc9oc%10ccc%11ccccc%11c%10c9c8)ccc76)ccc5c4)nc-2c13. The molecule has 1 aliphatic carbocycles. The van der Waals surface area contributed by atoms with E-state index in [9.17, 15) is 0 Å². The molecule has 9 aromatic carbocycles. The topological polar surface area (TPSA) is 43.9 Å². The van der Waals surface area contributed by atoms with Gasteiger partial charge in [-0.25, -0.2) is 9.97 Å². The average Bonchev–Trinajstić information content (AvgIpc) is 3.91. The van der Waals surface area contributed by atoms with E-state index < -0.39 is 0 Å². The highest BCUT2D eigenvalue weighted by Gasteiger charge is 2.24. The maximum Gasteiger partial charge on any atom is 0.160 e. The molecule has 258 valence electrons. The number of nitrogens with zero attached hydrogens (tertiary/aromatic N) is 3. The van der Waals surface area contributed by atoms with Crippen LogP contribution in [-0.2, 0) is 0 Å². The third-order valence-electron chi connectivity index (χ3n) is 11.9. The van der Waals surface area contributed by atoms with Crippen molar-refractivity contribution < 1.29 is 4.42 Å². The smallest absolute Gasteiger partial charge is 0.160 e. The molecule has 0 unspecified atom stereocenters. The van der Waals surface area contributed by atoms with Crippen LogP contribution in [0.15, 0.2) is 180 Å². The van der Waals surface area contributed by atoms with E-state index in [1.807, 2.05) is 0 Å². The summed E-state index contributed by atoms with van der Waals surface area (Å²) < 4.78 is 8.71. The summed E-state index contributed by atoms with van der Waals surface area (Å²) in [5.41, 5.74) is 14.3. The fourth-order valence-electron chi connectivity index (χ4n) is 9.32. The van der Waals surface area contributed by atoms with Crippen LogP contribution in [0.25, 0.3) is 127 Å². The standard InChI is InChI=1S/C52H29N3O/c1-2-9-37-30(8-1)20-25-48-49(37)43-29-34(21-24-47(43)56-48)33-19-23-46-42(28-33)39-11-5-6-15-45(39)55(46)36-22-18-31-26-35(17-16-32(31)27-36)52-53-44-14-7-13-40-38-10-3-4-12-41(38)51(54-52)50(40)44/h1-29H. The van der Waals surface area contributed by atoms with Gasteiger partial charge in [-0.3, -0.25) is 0 Å². The highest BCUT2D eigenvalue weighted by molar-refractivity contribution is 6.20. The van der Waals surface area contributed by atoms with Crippen molar-refractivity contribution in [2.75, 3.05) is 0 Å². The Morgan fingerprint density at radius 1 is 0.393 bits per heavy atom. The molecule has 0 radical (unpaired) electrons. The van der Waals surface area contributed by atoms with Crippen LogP contribution in [0, 0.1) is 0 Å². The minimum absolute atomic E-state index is 0.749. The largest absolute Gasteiger partial charge is 0.456 e. The molecular weight excluding hydrogens is 683 g/mol. The second-order valence-corrected chi connectivity index (χ2v) is 14.9. The summed E-state index contributed by atoms with van der Waals surface area (Å²) in [7, 11) is 0.